The topological polar surface area (TPSA) is 156 Å². The first kappa shape index (κ1) is 40.8. The Balaban J connectivity index is 1.39. The van der Waals surface area contributed by atoms with Gasteiger partial charge in [-0.05, 0) is 93.9 Å². The summed E-state index contributed by atoms with van der Waals surface area (Å²) < 4.78 is 31.5. The van der Waals surface area contributed by atoms with E-state index in [9.17, 15) is 28.0 Å². The molecule has 0 bridgehead atoms. The number of aromatic nitrogens is 3. The summed E-state index contributed by atoms with van der Waals surface area (Å²) in [5, 5.41) is 12.3. The van der Waals surface area contributed by atoms with Gasteiger partial charge in [-0.25, -0.2) is 13.8 Å². The lowest BCUT2D eigenvalue weighted by Gasteiger charge is -2.36. The van der Waals surface area contributed by atoms with E-state index >= 15 is 0 Å². The summed E-state index contributed by atoms with van der Waals surface area (Å²) in [6.45, 7) is 9.26. The number of nitrogens with one attached hydrogen (secondary N) is 5. The molecule has 4 atom stereocenters. The van der Waals surface area contributed by atoms with Gasteiger partial charge in [0.05, 0.1) is 29.8 Å². The zero-order valence-corrected chi connectivity index (χ0v) is 33.2. The molecule has 2 aliphatic heterocycles. The van der Waals surface area contributed by atoms with Crippen molar-refractivity contribution in [2.45, 2.75) is 96.9 Å². The summed E-state index contributed by atoms with van der Waals surface area (Å²) >= 11 is 0. The molecule has 4 aromatic rings. The Morgan fingerprint density at radius 2 is 1.50 bits per heavy atom. The average Bonchev–Trinajstić information content (AvgIpc) is 3.95. The number of carbonyl (C=O) groups excluding carboxylic acids is 4. The maximum Gasteiger partial charge on any atom is 0.245 e. The number of likely N-dealkylation sites (N-methyl/N-ethyl adjacent to an activating group) is 2. The molecule has 4 unspecified atom stereocenters. The SMILES string of the molecule is CCC(NC(=O)CNC)C(=O)N1CCCC1Cn1c(-c2[nH]c3cc(F)ccc3c2CC2CCCN2C(=O)C(NC(=O)CNC)C(C)(C)C)nc2cc(F)ccc21. The van der Waals surface area contributed by atoms with Crippen molar-refractivity contribution in [1.82, 2.24) is 45.6 Å². The molecule has 2 aromatic heterocycles. The van der Waals surface area contributed by atoms with Crippen LogP contribution in [0, 0.1) is 17.0 Å². The maximum atomic E-state index is 14.8. The number of rotatable bonds is 14. The van der Waals surface area contributed by atoms with Crippen LogP contribution in [0.4, 0.5) is 8.78 Å². The standard InChI is InChI=1S/C41H55F2N9O4/c1-7-30(46-34(53)21-44-5)39(55)51-17-9-11-27(51)23-52-33-15-13-25(43)19-32(33)48-38(52)36-29(28-14-12-24(42)18-31(28)47-36)20-26-10-8-16-50(26)40(56)37(41(2,3)4)49-35(54)22-45-6/h12-15,18-19,26-27,30,37,44-45,47H,7-11,16-17,20-23H2,1-6H3,(H,46,53)(H,49,54). The van der Waals surface area contributed by atoms with E-state index in [2.05, 4.69) is 26.3 Å². The van der Waals surface area contributed by atoms with Crippen LogP contribution >= 0.6 is 0 Å². The Bertz CT molecular complexity index is 2090. The third-order valence-corrected chi connectivity index (χ3v) is 11.1. The Morgan fingerprint density at radius 1 is 0.875 bits per heavy atom. The summed E-state index contributed by atoms with van der Waals surface area (Å²) in [5.41, 5.74) is 2.57. The molecule has 0 spiro atoms. The predicted octanol–water partition coefficient (Wildman–Crippen LogP) is 3.85. The number of H-pyrrole nitrogens is 1. The molecule has 0 radical (unpaired) electrons. The summed E-state index contributed by atoms with van der Waals surface area (Å²) in [4.78, 5) is 65.5. The maximum absolute atomic E-state index is 14.8. The van der Waals surface area contributed by atoms with Gasteiger partial charge >= 0.3 is 0 Å². The molecule has 4 heterocycles. The van der Waals surface area contributed by atoms with Gasteiger partial charge in [0, 0.05) is 48.7 Å². The number of fused-ring (bicyclic) bond motifs is 2. The van der Waals surface area contributed by atoms with Gasteiger partial charge in [0.25, 0.3) is 0 Å². The first-order valence-corrected chi connectivity index (χ1v) is 19.7. The highest BCUT2D eigenvalue weighted by molar-refractivity contribution is 5.93. The Labute approximate surface area is 326 Å². The molecule has 2 aliphatic rings. The van der Waals surface area contributed by atoms with Gasteiger partial charge in [-0.2, -0.15) is 0 Å². The van der Waals surface area contributed by atoms with E-state index in [0.717, 1.165) is 36.6 Å². The number of amides is 4. The van der Waals surface area contributed by atoms with Crippen LogP contribution in [0.25, 0.3) is 33.5 Å². The Hall–Kier alpha value is -4.89. The van der Waals surface area contributed by atoms with Crippen molar-refractivity contribution in [2.75, 3.05) is 40.3 Å². The van der Waals surface area contributed by atoms with Crippen molar-refractivity contribution >= 4 is 45.6 Å². The van der Waals surface area contributed by atoms with Crippen molar-refractivity contribution in [2.24, 2.45) is 5.41 Å². The number of imidazole rings is 1. The summed E-state index contributed by atoms with van der Waals surface area (Å²) in [6.07, 6.45) is 3.86. The van der Waals surface area contributed by atoms with Crippen LogP contribution in [0.2, 0.25) is 0 Å². The molecule has 5 N–H and O–H groups in total. The van der Waals surface area contributed by atoms with Gasteiger partial charge in [0.15, 0.2) is 5.82 Å². The highest BCUT2D eigenvalue weighted by Crippen LogP contribution is 2.37. The quantitative estimate of drug-likeness (QED) is 0.130. The van der Waals surface area contributed by atoms with Crippen molar-refractivity contribution in [3.63, 3.8) is 0 Å². The smallest absolute Gasteiger partial charge is 0.245 e. The Kier molecular flexibility index (Phi) is 12.4. The van der Waals surface area contributed by atoms with Crippen LogP contribution < -0.4 is 21.3 Å². The molecule has 2 fully saturated rings. The third kappa shape index (κ3) is 8.58. The van der Waals surface area contributed by atoms with E-state index in [1.165, 1.54) is 24.3 Å². The number of halogens is 2. The van der Waals surface area contributed by atoms with Gasteiger partial charge in [-0.1, -0.05) is 27.7 Å². The summed E-state index contributed by atoms with van der Waals surface area (Å²) in [7, 11) is 3.35. The summed E-state index contributed by atoms with van der Waals surface area (Å²) in [6, 6.07) is 7.14. The van der Waals surface area contributed by atoms with Crippen LogP contribution in [-0.4, -0.2) is 112 Å². The van der Waals surface area contributed by atoms with Crippen molar-refractivity contribution < 1.29 is 28.0 Å². The van der Waals surface area contributed by atoms with Gasteiger partial charge in [-0.15, -0.1) is 0 Å². The van der Waals surface area contributed by atoms with E-state index in [4.69, 9.17) is 4.98 Å². The molecule has 0 aliphatic carbocycles. The van der Waals surface area contributed by atoms with E-state index in [1.54, 1.807) is 26.2 Å². The van der Waals surface area contributed by atoms with Gasteiger partial charge in [0.1, 0.15) is 23.7 Å². The highest BCUT2D eigenvalue weighted by atomic mass is 19.1. The first-order chi connectivity index (χ1) is 26.7. The van der Waals surface area contributed by atoms with Gasteiger partial charge in [0.2, 0.25) is 23.6 Å². The van der Waals surface area contributed by atoms with E-state index in [0.29, 0.717) is 60.5 Å². The molecule has 13 nitrogen and oxygen atoms in total. The fraction of sp³-hybridized carbons (Fsp3) is 0.537. The summed E-state index contributed by atoms with van der Waals surface area (Å²) in [5.74, 6) is -1.18. The molecule has 2 aromatic carbocycles. The van der Waals surface area contributed by atoms with Crippen LogP contribution in [0.15, 0.2) is 36.4 Å². The molecule has 302 valence electrons. The number of hydrogen-bond acceptors (Lipinski definition) is 7. The second kappa shape index (κ2) is 17.1. The molecule has 56 heavy (non-hydrogen) atoms. The lowest BCUT2D eigenvalue weighted by molar-refractivity contribution is -0.140. The molecule has 2 saturated heterocycles. The normalized spacial score (nSPS) is 18.5. The number of carbonyl (C=O) groups is 4. The minimum absolute atomic E-state index is 0.0860. The second-order valence-corrected chi connectivity index (χ2v) is 16.2. The van der Waals surface area contributed by atoms with E-state index < -0.39 is 29.1 Å². The molecule has 15 heteroatoms. The molecule has 6 rings (SSSR count). The third-order valence-electron chi connectivity index (χ3n) is 11.1. The second-order valence-electron chi connectivity index (χ2n) is 16.2. The average molecular weight is 776 g/mol. The van der Waals surface area contributed by atoms with Crippen LogP contribution in [0.5, 0.6) is 0 Å². The minimum Gasteiger partial charge on any atom is -0.352 e. The fourth-order valence-electron chi connectivity index (χ4n) is 8.34. The number of aromatic amines is 1. The highest BCUT2D eigenvalue weighted by Gasteiger charge is 2.40. The monoisotopic (exact) mass is 775 g/mol. The zero-order chi connectivity index (χ0) is 40.3. The number of benzene rings is 2. The van der Waals surface area contributed by atoms with Crippen LogP contribution in [0.3, 0.4) is 0 Å². The number of likely N-dealkylation sites (tertiary alicyclic amines) is 2. The van der Waals surface area contributed by atoms with Gasteiger partial charge < -0.3 is 40.6 Å². The number of nitrogens with zero attached hydrogens (tertiary/aromatic N) is 4. The fourth-order valence-corrected chi connectivity index (χ4v) is 8.34. The lowest BCUT2D eigenvalue weighted by Crippen LogP contribution is -2.57. The minimum atomic E-state index is -0.749. The number of hydrogen-bond donors (Lipinski definition) is 5. The van der Waals surface area contributed by atoms with E-state index in [-0.39, 0.29) is 48.8 Å². The molecular weight excluding hydrogens is 721 g/mol. The van der Waals surface area contributed by atoms with Crippen LogP contribution in [0.1, 0.15) is 65.4 Å². The van der Waals surface area contributed by atoms with Crippen molar-refractivity contribution in [3.8, 4) is 11.5 Å². The lowest BCUT2D eigenvalue weighted by atomic mass is 9.85. The van der Waals surface area contributed by atoms with Crippen molar-refractivity contribution in [1.29, 1.82) is 0 Å². The first-order valence-electron chi connectivity index (χ1n) is 19.7. The Morgan fingerprint density at radius 3 is 2.16 bits per heavy atom. The predicted molar refractivity (Wildman–Crippen MR) is 212 cm³/mol. The van der Waals surface area contributed by atoms with Crippen molar-refractivity contribution in [3.05, 3.63) is 53.6 Å². The molecular formula is C41H55F2N9O4. The molecule has 0 saturated carbocycles. The van der Waals surface area contributed by atoms with E-state index in [1.807, 2.05) is 42.1 Å². The van der Waals surface area contributed by atoms with Crippen LogP contribution in [-0.2, 0) is 32.1 Å². The largest absolute Gasteiger partial charge is 0.352 e. The zero-order valence-electron chi connectivity index (χ0n) is 33.2. The molecule has 4 amide bonds. The van der Waals surface area contributed by atoms with Gasteiger partial charge in [-0.3, -0.25) is 19.2 Å².